The Bertz CT molecular complexity index is 1110. The zero-order valence-electron chi connectivity index (χ0n) is 17.0. The Morgan fingerprint density at radius 1 is 0.933 bits per heavy atom. The highest BCUT2D eigenvalue weighted by molar-refractivity contribution is 7.92. The molecule has 0 fully saturated rings. The van der Waals surface area contributed by atoms with Crippen LogP contribution in [0.4, 0.5) is 5.69 Å². The molecule has 30 heavy (non-hydrogen) atoms. The van der Waals surface area contributed by atoms with Crippen molar-refractivity contribution >= 4 is 27.5 Å². The van der Waals surface area contributed by atoms with E-state index in [-0.39, 0.29) is 18.1 Å². The minimum absolute atomic E-state index is 0.0335. The standard InChI is InChI=1S/C23H25NO5S/c1-2-30(27,28)24-12-11-18-14-19(9-10-21(18)24)22(25)15-29-23(26)20-8-7-16-5-3-4-6-17(16)13-20/h7-10,13-14H,2-6,11-12,15H2,1H3. The highest BCUT2D eigenvalue weighted by Gasteiger charge is 2.28. The molecule has 0 N–H and O–H groups in total. The van der Waals surface area contributed by atoms with E-state index in [2.05, 4.69) is 0 Å². The number of benzene rings is 2. The Balaban J connectivity index is 1.42. The molecule has 2 aromatic rings. The van der Waals surface area contributed by atoms with Crippen molar-refractivity contribution in [2.45, 2.75) is 39.0 Å². The average molecular weight is 428 g/mol. The van der Waals surface area contributed by atoms with E-state index in [0.29, 0.717) is 29.8 Å². The molecule has 2 aromatic carbocycles. The number of esters is 1. The van der Waals surface area contributed by atoms with Crippen LogP contribution in [0.3, 0.4) is 0 Å². The second kappa shape index (κ2) is 8.22. The number of aryl methyl sites for hydroxylation is 2. The highest BCUT2D eigenvalue weighted by atomic mass is 32.2. The van der Waals surface area contributed by atoms with E-state index in [1.807, 2.05) is 12.1 Å². The van der Waals surface area contributed by atoms with E-state index in [1.165, 1.54) is 21.9 Å². The van der Waals surface area contributed by atoms with E-state index in [9.17, 15) is 18.0 Å². The summed E-state index contributed by atoms with van der Waals surface area (Å²) in [6, 6.07) is 10.6. The lowest BCUT2D eigenvalue weighted by Crippen LogP contribution is -2.30. The largest absolute Gasteiger partial charge is 0.454 e. The number of fused-ring (bicyclic) bond motifs is 2. The van der Waals surface area contributed by atoms with Crippen LogP contribution in [-0.4, -0.2) is 39.1 Å². The third-order valence-electron chi connectivity index (χ3n) is 5.87. The van der Waals surface area contributed by atoms with Gasteiger partial charge in [0.1, 0.15) is 0 Å². The first-order chi connectivity index (χ1) is 14.4. The lowest BCUT2D eigenvalue weighted by Gasteiger charge is -2.18. The Morgan fingerprint density at radius 2 is 1.63 bits per heavy atom. The summed E-state index contributed by atoms with van der Waals surface area (Å²) in [4.78, 5) is 24.9. The average Bonchev–Trinajstić information content (AvgIpc) is 3.21. The zero-order valence-corrected chi connectivity index (χ0v) is 17.8. The quantitative estimate of drug-likeness (QED) is 0.522. The van der Waals surface area contributed by atoms with Gasteiger partial charge in [0.25, 0.3) is 0 Å². The van der Waals surface area contributed by atoms with Crippen LogP contribution in [-0.2, 0) is 34.0 Å². The molecule has 2 aliphatic rings. The summed E-state index contributed by atoms with van der Waals surface area (Å²) in [6.45, 7) is 1.66. The Kier molecular flexibility index (Phi) is 5.64. The molecule has 0 atom stereocenters. The van der Waals surface area contributed by atoms with Crippen molar-refractivity contribution in [3.8, 4) is 0 Å². The number of carbonyl (C=O) groups is 2. The van der Waals surface area contributed by atoms with Crippen LogP contribution in [0.1, 0.15) is 57.2 Å². The van der Waals surface area contributed by atoms with E-state index in [0.717, 1.165) is 24.8 Å². The smallest absolute Gasteiger partial charge is 0.338 e. The van der Waals surface area contributed by atoms with Crippen LogP contribution in [0.2, 0.25) is 0 Å². The first-order valence-corrected chi connectivity index (χ1v) is 12.0. The van der Waals surface area contributed by atoms with Gasteiger partial charge in [-0.15, -0.1) is 0 Å². The third-order valence-corrected chi connectivity index (χ3v) is 7.65. The lowest BCUT2D eigenvalue weighted by molar-refractivity contribution is 0.0474. The lowest BCUT2D eigenvalue weighted by atomic mass is 9.90. The number of Topliss-reactive ketones (excluding diaryl/α,β-unsaturated/α-hetero) is 1. The molecule has 0 bridgehead atoms. The molecule has 0 saturated carbocycles. The van der Waals surface area contributed by atoms with Crippen molar-refractivity contribution in [1.82, 2.24) is 0 Å². The number of anilines is 1. The predicted octanol–water partition coefficient (Wildman–Crippen LogP) is 3.32. The van der Waals surface area contributed by atoms with Gasteiger partial charge < -0.3 is 4.74 Å². The van der Waals surface area contributed by atoms with E-state index in [4.69, 9.17) is 4.74 Å². The number of carbonyl (C=O) groups excluding carboxylic acids is 2. The molecule has 1 heterocycles. The van der Waals surface area contributed by atoms with Crippen molar-refractivity contribution < 1.29 is 22.7 Å². The fraction of sp³-hybridized carbons (Fsp3) is 0.391. The normalized spacial score (nSPS) is 15.4. The summed E-state index contributed by atoms with van der Waals surface area (Å²) in [5.41, 5.74) is 4.80. The molecule has 0 radical (unpaired) electrons. The first-order valence-electron chi connectivity index (χ1n) is 10.3. The second-order valence-corrected chi connectivity index (χ2v) is 9.94. The van der Waals surface area contributed by atoms with E-state index < -0.39 is 16.0 Å². The zero-order chi connectivity index (χ0) is 21.3. The monoisotopic (exact) mass is 427 g/mol. The van der Waals surface area contributed by atoms with Gasteiger partial charge in [-0.1, -0.05) is 6.07 Å². The molecule has 6 nitrogen and oxygen atoms in total. The molecule has 4 rings (SSSR count). The molecule has 0 amide bonds. The van der Waals surface area contributed by atoms with E-state index >= 15 is 0 Å². The van der Waals surface area contributed by atoms with Gasteiger partial charge in [-0.3, -0.25) is 9.10 Å². The van der Waals surface area contributed by atoms with Crippen LogP contribution < -0.4 is 4.31 Å². The Hall–Kier alpha value is -2.67. The molecule has 0 spiro atoms. The highest BCUT2D eigenvalue weighted by Crippen LogP contribution is 2.31. The minimum Gasteiger partial charge on any atom is -0.454 e. The van der Waals surface area contributed by atoms with Crippen molar-refractivity contribution in [3.05, 3.63) is 64.2 Å². The van der Waals surface area contributed by atoms with Crippen LogP contribution in [0, 0.1) is 0 Å². The SMILES string of the molecule is CCS(=O)(=O)N1CCc2cc(C(=O)COC(=O)c3ccc4c(c3)CCCC4)ccc21. The second-order valence-electron chi connectivity index (χ2n) is 7.76. The predicted molar refractivity (Wildman–Crippen MR) is 115 cm³/mol. The van der Waals surface area contributed by atoms with Gasteiger partial charge in [0.05, 0.1) is 17.0 Å². The molecular formula is C23H25NO5S. The third kappa shape index (κ3) is 3.99. The molecule has 1 aliphatic heterocycles. The summed E-state index contributed by atoms with van der Waals surface area (Å²) in [6.07, 6.45) is 4.87. The van der Waals surface area contributed by atoms with E-state index in [1.54, 1.807) is 31.2 Å². The maximum absolute atomic E-state index is 12.5. The summed E-state index contributed by atoms with van der Waals surface area (Å²) < 4.78 is 31.0. The van der Waals surface area contributed by atoms with Gasteiger partial charge in [-0.25, -0.2) is 13.2 Å². The Labute approximate surface area is 176 Å². The minimum atomic E-state index is -3.32. The molecule has 7 heteroatoms. The van der Waals surface area contributed by atoms with Crippen LogP contribution >= 0.6 is 0 Å². The van der Waals surface area contributed by atoms with Crippen molar-refractivity contribution in [3.63, 3.8) is 0 Å². The van der Waals surface area contributed by atoms with Gasteiger partial charge in [0, 0.05) is 12.1 Å². The number of sulfonamides is 1. The first kappa shape index (κ1) is 20.6. The Morgan fingerprint density at radius 3 is 2.40 bits per heavy atom. The van der Waals surface area contributed by atoms with Crippen molar-refractivity contribution in [2.75, 3.05) is 23.2 Å². The number of ether oxygens (including phenoxy) is 1. The number of rotatable bonds is 6. The summed E-state index contributed by atoms with van der Waals surface area (Å²) in [5, 5.41) is 0. The summed E-state index contributed by atoms with van der Waals surface area (Å²) in [5.74, 6) is -0.773. The molecule has 0 unspecified atom stereocenters. The molecule has 0 saturated heterocycles. The fourth-order valence-corrected chi connectivity index (χ4v) is 5.31. The van der Waals surface area contributed by atoms with Gasteiger partial charge >= 0.3 is 5.97 Å². The van der Waals surface area contributed by atoms with Crippen LogP contribution in [0.15, 0.2) is 36.4 Å². The number of hydrogen-bond acceptors (Lipinski definition) is 5. The van der Waals surface area contributed by atoms with Crippen LogP contribution in [0.5, 0.6) is 0 Å². The van der Waals surface area contributed by atoms with Crippen molar-refractivity contribution in [2.24, 2.45) is 0 Å². The number of ketones is 1. The number of nitrogens with zero attached hydrogens (tertiary/aromatic N) is 1. The van der Waals surface area contributed by atoms with Gasteiger partial charge in [0.15, 0.2) is 12.4 Å². The van der Waals surface area contributed by atoms with Gasteiger partial charge in [0.2, 0.25) is 10.0 Å². The van der Waals surface area contributed by atoms with Crippen molar-refractivity contribution in [1.29, 1.82) is 0 Å². The molecule has 0 aromatic heterocycles. The van der Waals surface area contributed by atoms with Gasteiger partial charge in [-0.2, -0.15) is 0 Å². The van der Waals surface area contributed by atoms with Crippen LogP contribution in [0.25, 0.3) is 0 Å². The fourth-order valence-electron chi connectivity index (χ4n) is 4.15. The maximum atomic E-state index is 12.5. The summed E-state index contributed by atoms with van der Waals surface area (Å²) in [7, 11) is -3.32. The van der Waals surface area contributed by atoms with Gasteiger partial charge in [-0.05, 0) is 86.1 Å². The molecule has 1 aliphatic carbocycles. The number of hydrogen-bond donors (Lipinski definition) is 0. The summed E-state index contributed by atoms with van der Waals surface area (Å²) >= 11 is 0. The molecular weight excluding hydrogens is 402 g/mol. The maximum Gasteiger partial charge on any atom is 0.338 e. The molecule has 158 valence electrons. The topological polar surface area (TPSA) is 80.8 Å².